The van der Waals surface area contributed by atoms with E-state index in [0.717, 1.165) is 32.0 Å². The maximum Gasteiger partial charge on any atom is 0.0767 e. The van der Waals surface area contributed by atoms with Crippen molar-refractivity contribution >= 4 is 15.9 Å². The van der Waals surface area contributed by atoms with Gasteiger partial charge in [0.1, 0.15) is 0 Å². The van der Waals surface area contributed by atoms with Gasteiger partial charge in [-0.3, -0.25) is 4.68 Å². The van der Waals surface area contributed by atoms with Crippen LogP contribution in [0.15, 0.2) is 16.6 Å². The molecule has 1 unspecified atom stereocenters. The predicted octanol–water partition coefficient (Wildman–Crippen LogP) is 3.67. The summed E-state index contributed by atoms with van der Waals surface area (Å²) in [6.45, 7) is 7.24. The Morgan fingerprint density at radius 3 is 2.89 bits per heavy atom. The highest BCUT2D eigenvalue weighted by Gasteiger charge is 2.14. The molecule has 0 fully saturated rings. The van der Waals surface area contributed by atoms with Crippen molar-refractivity contribution in [3.63, 3.8) is 0 Å². The molecule has 0 bridgehead atoms. The zero-order valence-electron chi connectivity index (χ0n) is 12.0. The lowest BCUT2D eigenvalue weighted by Crippen LogP contribution is -2.24. The highest BCUT2D eigenvalue weighted by molar-refractivity contribution is 9.10. The zero-order chi connectivity index (χ0) is 13.7. The minimum Gasteiger partial charge on any atom is -0.311 e. The lowest BCUT2D eigenvalue weighted by Gasteiger charge is -2.18. The van der Waals surface area contributed by atoms with Crippen LogP contribution in [0.25, 0.3) is 0 Å². The molecule has 0 spiro atoms. The molecule has 19 heavy (non-hydrogen) atoms. The van der Waals surface area contributed by atoms with Crippen molar-refractivity contribution < 1.29 is 0 Å². The van der Waals surface area contributed by atoms with Gasteiger partial charge in [-0.15, -0.1) is 0 Å². The Labute approximate surface area is 124 Å². The molecule has 1 atom stereocenters. The summed E-state index contributed by atoms with van der Waals surface area (Å²) in [4.78, 5) is 0. The van der Waals surface area contributed by atoms with Gasteiger partial charge in [-0.05, 0) is 61.0 Å². The molecule has 2 rings (SSSR count). The average Bonchev–Trinajstić information content (AvgIpc) is 2.76. The monoisotopic (exact) mass is 325 g/mol. The Balaban J connectivity index is 1.91. The minimum absolute atomic E-state index is 0.799. The first-order chi connectivity index (χ1) is 9.26. The third-order valence-corrected chi connectivity index (χ3v) is 4.71. The molecule has 1 aromatic rings. The van der Waals surface area contributed by atoms with Crippen LogP contribution in [0.2, 0.25) is 0 Å². The molecule has 0 radical (unpaired) electrons. The Hall–Kier alpha value is -0.610. The van der Waals surface area contributed by atoms with E-state index in [1.807, 2.05) is 0 Å². The van der Waals surface area contributed by atoms with Gasteiger partial charge in [-0.25, -0.2) is 0 Å². The van der Waals surface area contributed by atoms with Crippen LogP contribution in [-0.4, -0.2) is 16.3 Å². The largest absolute Gasteiger partial charge is 0.311 e. The van der Waals surface area contributed by atoms with Gasteiger partial charge in [0.25, 0.3) is 0 Å². The van der Waals surface area contributed by atoms with Gasteiger partial charge < -0.3 is 5.32 Å². The van der Waals surface area contributed by atoms with Crippen molar-refractivity contribution in [3.8, 4) is 0 Å². The van der Waals surface area contributed by atoms with Crippen LogP contribution in [0.5, 0.6) is 0 Å². The van der Waals surface area contributed by atoms with E-state index < -0.39 is 0 Å². The van der Waals surface area contributed by atoms with E-state index >= 15 is 0 Å². The number of hydrogen-bond acceptors (Lipinski definition) is 2. The first-order valence-corrected chi connectivity index (χ1v) is 8.15. The van der Waals surface area contributed by atoms with Gasteiger partial charge in [0.2, 0.25) is 0 Å². The summed E-state index contributed by atoms with van der Waals surface area (Å²) in [5, 5.41) is 8.23. The van der Waals surface area contributed by atoms with E-state index in [4.69, 9.17) is 0 Å². The molecule has 1 aromatic heterocycles. The maximum absolute atomic E-state index is 4.63. The Morgan fingerprint density at radius 1 is 1.42 bits per heavy atom. The molecule has 106 valence electrons. The van der Waals surface area contributed by atoms with E-state index in [1.54, 1.807) is 0 Å². The molecule has 0 aliphatic heterocycles. The van der Waals surface area contributed by atoms with E-state index in [-0.39, 0.29) is 0 Å². The second-order valence-electron chi connectivity index (χ2n) is 5.16. The molecule has 1 N–H and O–H groups in total. The quantitative estimate of drug-likeness (QED) is 0.808. The lowest BCUT2D eigenvalue weighted by molar-refractivity contribution is 0.434. The number of halogens is 1. The number of hydrogen-bond donors (Lipinski definition) is 1. The van der Waals surface area contributed by atoms with Crippen molar-refractivity contribution in [1.82, 2.24) is 15.1 Å². The summed E-state index contributed by atoms with van der Waals surface area (Å²) < 4.78 is 3.30. The van der Waals surface area contributed by atoms with Crippen LogP contribution < -0.4 is 5.32 Å². The summed E-state index contributed by atoms with van der Waals surface area (Å²) in [5.74, 6) is 0.799. The van der Waals surface area contributed by atoms with Crippen LogP contribution in [0.3, 0.4) is 0 Å². The fourth-order valence-corrected chi connectivity index (χ4v) is 3.33. The first-order valence-electron chi connectivity index (χ1n) is 7.36. The fourth-order valence-electron chi connectivity index (χ4n) is 2.62. The van der Waals surface area contributed by atoms with Crippen LogP contribution in [0.4, 0.5) is 0 Å². The van der Waals surface area contributed by atoms with Gasteiger partial charge in [-0.1, -0.05) is 19.1 Å². The second kappa shape index (κ2) is 7.25. The molecule has 1 heterocycles. The van der Waals surface area contributed by atoms with Crippen molar-refractivity contribution in [2.75, 3.05) is 6.54 Å². The van der Waals surface area contributed by atoms with Crippen molar-refractivity contribution in [2.45, 2.75) is 52.6 Å². The van der Waals surface area contributed by atoms with E-state index in [2.05, 4.69) is 57.0 Å². The zero-order valence-corrected chi connectivity index (χ0v) is 13.5. The summed E-state index contributed by atoms with van der Waals surface area (Å²) in [6.07, 6.45) is 9.38. The SMILES string of the molecule is CCc1nn(CC)c(CNCC2CC=CCC2)c1Br. The number of allylic oxidation sites excluding steroid dienone is 2. The highest BCUT2D eigenvalue weighted by Crippen LogP contribution is 2.22. The van der Waals surface area contributed by atoms with Gasteiger partial charge in [0, 0.05) is 13.1 Å². The van der Waals surface area contributed by atoms with E-state index in [0.29, 0.717) is 0 Å². The lowest BCUT2D eigenvalue weighted by atomic mass is 9.94. The van der Waals surface area contributed by atoms with Crippen LogP contribution in [0, 0.1) is 5.92 Å². The Morgan fingerprint density at radius 2 is 2.26 bits per heavy atom. The summed E-state index contributed by atoms with van der Waals surface area (Å²) in [6, 6.07) is 0. The van der Waals surface area contributed by atoms with E-state index in [1.165, 1.54) is 35.1 Å². The first kappa shape index (κ1) is 14.8. The normalized spacial score (nSPS) is 19.0. The Bertz CT molecular complexity index is 437. The molecule has 3 nitrogen and oxygen atoms in total. The minimum atomic E-state index is 0.799. The second-order valence-corrected chi connectivity index (χ2v) is 5.95. The van der Waals surface area contributed by atoms with Crippen molar-refractivity contribution in [3.05, 3.63) is 28.0 Å². The molecule has 0 amide bonds. The molecule has 1 aliphatic rings. The molecule has 0 saturated heterocycles. The van der Waals surface area contributed by atoms with Gasteiger partial charge >= 0.3 is 0 Å². The van der Waals surface area contributed by atoms with Gasteiger partial charge in [0.05, 0.1) is 15.9 Å². The predicted molar refractivity (Wildman–Crippen MR) is 83.2 cm³/mol. The molecular weight excluding hydrogens is 302 g/mol. The van der Waals surface area contributed by atoms with Crippen LogP contribution in [0.1, 0.15) is 44.5 Å². The third kappa shape index (κ3) is 3.69. The fraction of sp³-hybridized carbons (Fsp3) is 0.667. The number of rotatable bonds is 6. The molecule has 4 heteroatoms. The Kier molecular flexibility index (Phi) is 5.64. The van der Waals surface area contributed by atoms with Gasteiger partial charge in [-0.2, -0.15) is 5.10 Å². The number of nitrogens with zero attached hydrogens (tertiary/aromatic N) is 2. The molecule has 0 aromatic carbocycles. The van der Waals surface area contributed by atoms with Gasteiger partial charge in [0.15, 0.2) is 0 Å². The summed E-state index contributed by atoms with van der Waals surface area (Å²) in [7, 11) is 0. The maximum atomic E-state index is 4.63. The number of aryl methyl sites for hydroxylation is 2. The highest BCUT2D eigenvalue weighted by atomic mass is 79.9. The van der Waals surface area contributed by atoms with Crippen LogP contribution in [-0.2, 0) is 19.5 Å². The molecular formula is C15H24BrN3. The molecule has 1 aliphatic carbocycles. The van der Waals surface area contributed by atoms with Crippen LogP contribution >= 0.6 is 15.9 Å². The topological polar surface area (TPSA) is 29.9 Å². The van der Waals surface area contributed by atoms with Crippen molar-refractivity contribution in [1.29, 1.82) is 0 Å². The smallest absolute Gasteiger partial charge is 0.0767 e. The summed E-state index contributed by atoms with van der Waals surface area (Å²) in [5.41, 5.74) is 2.45. The van der Waals surface area contributed by atoms with Crippen molar-refractivity contribution in [2.24, 2.45) is 5.92 Å². The number of nitrogens with one attached hydrogen (secondary N) is 1. The summed E-state index contributed by atoms with van der Waals surface area (Å²) >= 11 is 3.69. The molecule has 0 saturated carbocycles. The standard InChI is InChI=1S/C15H24BrN3/c1-3-13-15(16)14(19(4-2)18-13)11-17-10-12-8-6-5-7-9-12/h5-6,12,17H,3-4,7-11H2,1-2H3. The average molecular weight is 326 g/mol. The van der Waals surface area contributed by atoms with E-state index in [9.17, 15) is 0 Å². The number of aromatic nitrogens is 2. The third-order valence-electron chi connectivity index (χ3n) is 3.80.